The van der Waals surface area contributed by atoms with Crippen LogP contribution in [0.15, 0.2) is 23.0 Å². The van der Waals surface area contributed by atoms with E-state index >= 15 is 0 Å². The van der Waals surface area contributed by atoms with Gasteiger partial charge in [-0.2, -0.15) is 5.26 Å². The van der Waals surface area contributed by atoms with Crippen LogP contribution in [-0.4, -0.2) is 53.5 Å². The van der Waals surface area contributed by atoms with Gasteiger partial charge in [0.1, 0.15) is 33.5 Å². The van der Waals surface area contributed by atoms with Crippen LogP contribution in [0, 0.1) is 11.3 Å². The molecule has 0 aliphatic carbocycles. The normalized spacial score (nSPS) is 12.2. The minimum absolute atomic E-state index is 0.0676. The van der Waals surface area contributed by atoms with E-state index < -0.39 is 17.1 Å². The zero-order valence-electron chi connectivity index (χ0n) is 16.9. The van der Waals surface area contributed by atoms with Crippen LogP contribution in [0.2, 0.25) is 0 Å². The average Bonchev–Trinajstić information content (AvgIpc) is 3.05. The molecular weight excluding hydrogens is 426 g/mol. The number of pyridine rings is 1. The Morgan fingerprint density at radius 3 is 2.74 bits per heavy atom. The van der Waals surface area contributed by atoms with Crippen molar-refractivity contribution in [1.82, 2.24) is 9.55 Å². The Balaban J connectivity index is 2.22. The summed E-state index contributed by atoms with van der Waals surface area (Å²) in [6.07, 6.45) is 1.38. The maximum absolute atomic E-state index is 12.5. The van der Waals surface area contributed by atoms with E-state index in [4.69, 9.17) is 14.7 Å². The Kier molecular flexibility index (Phi) is 8.89. The molecule has 3 N–H and O–H groups in total. The summed E-state index contributed by atoms with van der Waals surface area (Å²) in [5.41, 5.74) is -0.930. The molecule has 0 atom stereocenters. The minimum Gasteiger partial charge on any atom is -0.477 e. The first-order valence-electron chi connectivity index (χ1n) is 9.08. The molecule has 0 aliphatic rings. The molecule has 0 saturated carbocycles. The molecule has 31 heavy (non-hydrogen) atoms. The second-order valence-corrected chi connectivity index (χ2v) is 6.93. The number of ether oxygens (including phenoxy) is 2. The number of methoxy groups -OCH3 is 1. The number of carboxylic acids is 1. The standard InChI is InChI=1S/C19H21N5O6S/c1-3-24-17(26)13(31-18(24)12(9-20)19(27)28)10-21-14-5-4-6-15(22-14)23-16(25)11-30-8-7-29-2/h4-6,10H,3,7-8,11H2,1-2H3,(H,27,28)(H2,21,22,23,25). The Hall–Kier alpha value is -3.53. The third-order valence-electron chi connectivity index (χ3n) is 3.80. The van der Waals surface area contributed by atoms with Crippen molar-refractivity contribution in [3.63, 3.8) is 0 Å². The molecule has 0 spiro atoms. The van der Waals surface area contributed by atoms with Gasteiger partial charge in [0.2, 0.25) is 0 Å². The number of nitrogens with zero attached hydrogens (tertiary/aromatic N) is 3. The predicted molar refractivity (Wildman–Crippen MR) is 114 cm³/mol. The van der Waals surface area contributed by atoms with Crippen molar-refractivity contribution in [3.05, 3.63) is 37.7 Å². The third kappa shape index (κ3) is 6.48. The van der Waals surface area contributed by atoms with E-state index in [0.29, 0.717) is 19.0 Å². The molecule has 0 fully saturated rings. The average molecular weight is 447 g/mol. The Bertz CT molecular complexity index is 1160. The zero-order chi connectivity index (χ0) is 22.8. The van der Waals surface area contributed by atoms with Gasteiger partial charge in [-0.15, -0.1) is 11.3 Å². The number of nitriles is 1. The molecule has 2 rings (SSSR count). The zero-order valence-corrected chi connectivity index (χ0v) is 17.7. The molecule has 1 amide bonds. The van der Waals surface area contributed by atoms with E-state index in [2.05, 4.69) is 15.6 Å². The highest BCUT2D eigenvalue weighted by molar-refractivity contribution is 7.07. The van der Waals surface area contributed by atoms with E-state index in [9.17, 15) is 19.5 Å². The lowest BCUT2D eigenvalue weighted by Gasteiger charge is -2.07. The molecule has 0 unspecified atom stereocenters. The van der Waals surface area contributed by atoms with Crippen LogP contribution in [0.1, 0.15) is 6.92 Å². The van der Waals surface area contributed by atoms with Gasteiger partial charge in [0.15, 0.2) is 5.57 Å². The first-order valence-corrected chi connectivity index (χ1v) is 9.90. The third-order valence-corrected chi connectivity index (χ3v) is 4.93. The predicted octanol–water partition coefficient (Wildman–Crippen LogP) is -0.465. The quantitative estimate of drug-likeness (QED) is 0.410. The van der Waals surface area contributed by atoms with Crippen LogP contribution >= 0.6 is 11.3 Å². The number of hydrogen-bond acceptors (Lipinski definition) is 9. The van der Waals surface area contributed by atoms with Crippen LogP contribution in [0.25, 0.3) is 11.8 Å². The molecule has 164 valence electrons. The van der Waals surface area contributed by atoms with Crippen LogP contribution in [-0.2, 0) is 25.6 Å². The lowest BCUT2D eigenvalue weighted by molar-refractivity contribution is -0.130. The number of thiazole rings is 1. The van der Waals surface area contributed by atoms with Gasteiger partial charge in [-0.05, 0) is 19.1 Å². The number of amides is 1. The van der Waals surface area contributed by atoms with Gasteiger partial charge in [-0.3, -0.25) is 14.2 Å². The molecule has 0 bridgehead atoms. The summed E-state index contributed by atoms with van der Waals surface area (Å²) in [4.78, 5) is 39.9. The van der Waals surface area contributed by atoms with Gasteiger partial charge in [-0.25, -0.2) is 9.78 Å². The first-order chi connectivity index (χ1) is 14.9. The number of carbonyl (C=O) groups is 2. The fourth-order valence-electron chi connectivity index (χ4n) is 2.39. The van der Waals surface area contributed by atoms with Gasteiger partial charge in [0, 0.05) is 19.9 Å². The smallest absolute Gasteiger partial charge is 0.349 e. The number of carboxylic acid groups (broad SMARTS) is 1. The van der Waals surface area contributed by atoms with Gasteiger partial charge in [-0.1, -0.05) is 6.07 Å². The van der Waals surface area contributed by atoms with Crippen molar-refractivity contribution in [2.45, 2.75) is 13.5 Å². The molecular formula is C19H21N5O6S. The summed E-state index contributed by atoms with van der Waals surface area (Å²) >= 11 is 0.887. The summed E-state index contributed by atoms with van der Waals surface area (Å²) in [5.74, 6) is -1.16. The summed E-state index contributed by atoms with van der Waals surface area (Å²) in [6.45, 7) is 2.41. The van der Waals surface area contributed by atoms with E-state index in [1.807, 2.05) is 0 Å². The topological polar surface area (TPSA) is 156 Å². The van der Waals surface area contributed by atoms with Crippen molar-refractivity contribution >= 4 is 46.6 Å². The van der Waals surface area contributed by atoms with Crippen LogP contribution in [0.5, 0.6) is 0 Å². The van der Waals surface area contributed by atoms with E-state index in [1.165, 1.54) is 17.9 Å². The lowest BCUT2D eigenvalue weighted by atomic mass is 10.3. The number of anilines is 2. The number of carbonyl (C=O) groups excluding carboxylic acids is 1. The summed E-state index contributed by atoms with van der Waals surface area (Å²) < 4.78 is 11.5. The number of nitrogens with one attached hydrogen (secondary N) is 2. The Labute approximate surface area is 180 Å². The van der Waals surface area contributed by atoms with Gasteiger partial charge in [0.05, 0.1) is 13.2 Å². The Morgan fingerprint density at radius 1 is 1.35 bits per heavy atom. The van der Waals surface area contributed by atoms with Crippen LogP contribution < -0.4 is 25.4 Å². The van der Waals surface area contributed by atoms with Crippen molar-refractivity contribution < 1.29 is 24.2 Å². The molecule has 2 aromatic heterocycles. The minimum atomic E-state index is -1.40. The van der Waals surface area contributed by atoms with Crippen molar-refractivity contribution in [2.75, 3.05) is 37.6 Å². The number of rotatable bonds is 10. The molecule has 12 heteroatoms. The van der Waals surface area contributed by atoms with Crippen molar-refractivity contribution in [3.8, 4) is 6.07 Å². The van der Waals surface area contributed by atoms with Crippen molar-refractivity contribution in [2.24, 2.45) is 0 Å². The maximum atomic E-state index is 12.5. The largest absolute Gasteiger partial charge is 0.477 e. The number of aromatic nitrogens is 2. The molecule has 0 aromatic carbocycles. The van der Waals surface area contributed by atoms with E-state index in [0.717, 1.165) is 11.3 Å². The van der Waals surface area contributed by atoms with Crippen LogP contribution in [0.4, 0.5) is 11.6 Å². The molecule has 0 radical (unpaired) electrons. The fourth-order valence-corrected chi connectivity index (χ4v) is 3.47. The molecule has 11 nitrogen and oxygen atoms in total. The summed E-state index contributed by atoms with van der Waals surface area (Å²) in [7, 11) is 1.53. The van der Waals surface area contributed by atoms with E-state index in [-0.39, 0.29) is 34.1 Å². The number of hydrogen-bond donors (Lipinski definition) is 3. The highest BCUT2D eigenvalue weighted by Crippen LogP contribution is 2.09. The fraction of sp³-hybridized carbons (Fsp3) is 0.316. The highest BCUT2D eigenvalue weighted by atomic mass is 32.1. The number of aliphatic carboxylic acids is 1. The highest BCUT2D eigenvalue weighted by Gasteiger charge is 2.13. The monoisotopic (exact) mass is 447 g/mol. The second kappa shape index (κ2) is 11.6. The van der Waals surface area contributed by atoms with Gasteiger partial charge >= 0.3 is 5.97 Å². The molecule has 2 aromatic rings. The van der Waals surface area contributed by atoms with Gasteiger partial charge in [0.25, 0.3) is 11.5 Å². The second-order valence-electron chi connectivity index (χ2n) is 5.90. The van der Waals surface area contributed by atoms with Crippen LogP contribution in [0.3, 0.4) is 0 Å². The van der Waals surface area contributed by atoms with Gasteiger partial charge < -0.3 is 25.2 Å². The van der Waals surface area contributed by atoms with Crippen molar-refractivity contribution in [1.29, 1.82) is 5.26 Å². The first kappa shape index (κ1) is 23.7. The molecule has 0 aliphatic heterocycles. The summed E-state index contributed by atoms with van der Waals surface area (Å²) in [6, 6.07) is 6.48. The maximum Gasteiger partial charge on any atom is 0.349 e. The molecule has 2 heterocycles. The Morgan fingerprint density at radius 2 is 2.10 bits per heavy atom. The summed E-state index contributed by atoms with van der Waals surface area (Å²) in [5, 5.41) is 23.7. The lowest BCUT2D eigenvalue weighted by Crippen LogP contribution is -2.32. The molecule has 0 saturated heterocycles. The SMILES string of the molecule is CCn1c(=C(C#N)C(=O)O)sc(=CNc2cccc(NC(=O)COCCOC)n2)c1=O. The van der Waals surface area contributed by atoms with E-state index in [1.54, 1.807) is 31.2 Å².